The first-order valence-electron chi connectivity index (χ1n) is 12.6. The predicted octanol–water partition coefficient (Wildman–Crippen LogP) is 8.78. The summed E-state index contributed by atoms with van der Waals surface area (Å²) >= 11 is 0. The molecule has 0 radical (unpaired) electrons. The van der Waals surface area contributed by atoms with Crippen LogP contribution in [0, 0.1) is 41.2 Å². The molecule has 2 saturated carbocycles. The number of hydrogen-bond acceptors (Lipinski definition) is 0. The van der Waals surface area contributed by atoms with E-state index < -0.39 is 11.6 Å². The number of halogens is 2. The third-order valence-corrected chi connectivity index (χ3v) is 7.56. The lowest BCUT2D eigenvalue weighted by Gasteiger charge is -2.29. The Kier molecular flexibility index (Phi) is 9.23. The second-order valence-electron chi connectivity index (χ2n) is 9.85. The number of rotatable bonds is 7. The van der Waals surface area contributed by atoms with E-state index in [1.807, 2.05) is 0 Å². The van der Waals surface area contributed by atoms with Crippen molar-refractivity contribution in [3.63, 3.8) is 0 Å². The summed E-state index contributed by atoms with van der Waals surface area (Å²) in [6, 6.07) is 3.12. The van der Waals surface area contributed by atoms with Gasteiger partial charge in [0.2, 0.25) is 0 Å². The van der Waals surface area contributed by atoms with E-state index >= 15 is 0 Å². The van der Waals surface area contributed by atoms with Crippen molar-refractivity contribution in [2.45, 2.75) is 110 Å². The molecule has 1 aromatic rings. The van der Waals surface area contributed by atoms with Gasteiger partial charge in [-0.25, -0.2) is 8.78 Å². The second kappa shape index (κ2) is 11.9. The highest BCUT2D eigenvalue weighted by molar-refractivity contribution is 5.40. The van der Waals surface area contributed by atoms with Crippen molar-refractivity contribution in [1.29, 1.82) is 0 Å². The summed E-state index contributed by atoms with van der Waals surface area (Å²) in [6.07, 6.45) is 16.8. The SMILES string of the molecule is CCCC[C@H]1CC[C@H](C#Cc2c(F)cc([C@H]3CC[C@H](CCCC)CC3)cc2F)CC1. The first-order chi connectivity index (χ1) is 14.6. The van der Waals surface area contributed by atoms with Crippen LogP contribution in [-0.2, 0) is 0 Å². The third-order valence-electron chi connectivity index (χ3n) is 7.56. The lowest BCUT2D eigenvalue weighted by Crippen LogP contribution is -2.14. The second-order valence-corrected chi connectivity index (χ2v) is 9.85. The summed E-state index contributed by atoms with van der Waals surface area (Å²) < 4.78 is 29.4. The molecule has 2 aliphatic carbocycles. The highest BCUT2D eigenvalue weighted by Gasteiger charge is 2.24. The average molecular weight is 415 g/mol. The molecule has 0 aliphatic heterocycles. The van der Waals surface area contributed by atoms with Gasteiger partial charge in [-0.3, -0.25) is 0 Å². The number of unbranched alkanes of at least 4 members (excludes halogenated alkanes) is 2. The van der Waals surface area contributed by atoms with Gasteiger partial charge >= 0.3 is 0 Å². The molecule has 0 heterocycles. The van der Waals surface area contributed by atoms with Crippen molar-refractivity contribution in [3.05, 3.63) is 34.9 Å². The summed E-state index contributed by atoms with van der Waals surface area (Å²) in [5, 5.41) is 0. The molecule has 3 rings (SSSR count). The van der Waals surface area contributed by atoms with Gasteiger partial charge in [0, 0.05) is 5.92 Å². The van der Waals surface area contributed by atoms with Gasteiger partial charge in [-0.1, -0.05) is 64.2 Å². The zero-order valence-electron chi connectivity index (χ0n) is 19.1. The zero-order chi connectivity index (χ0) is 21.3. The maximum atomic E-state index is 14.7. The number of benzene rings is 1. The molecule has 0 N–H and O–H groups in total. The Morgan fingerprint density at radius 3 is 1.77 bits per heavy atom. The fourth-order valence-electron chi connectivity index (χ4n) is 5.49. The third kappa shape index (κ3) is 6.57. The minimum Gasteiger partial charge on any atom is -0.206 e. The smallest absolute Gasteiger partial charge is 0.142 e. The largest absolute Gasteiger partial charge is 0.206 e. The molecule has 0 unspecified atom stereocenters. The van der Waals surface area contributed by atoms with Gasteiger partial charge in [0.15, 0.2) is 0 Å². The highest BCUT2D eigenvalue weighted by atomic mass is 19.1. The fraction of sp³-hybridized carbons (Fsp3) is 0.714. The van der Waals surface area contributed by atoms with Gasteiger partial charge < -0.3 is 0 Å². The van der Waals surface area contributed by atoms with Crippen LogP contribution in [0.15, 0.2) is 12.1 Å². The molecule has 30 heavy (non-hydrogen) atoms. The van der Waals surface area contributed by atoms with Gasteiger partial charge in [0.25, 0.3) is 0 Å². The lowest BCUT2D eigenvalue weighted by molar-refractivity contribution is 0.296. The van der Waals surface area contributed by atoms with Crippen LogP contribution in [0.1, 0.15) is 121 Å². The molecule has 0 nitrogen and oxygen atoms in total. The Hall–Kier alpha value is -1.36. The van der Waals surface area contributed by atoms with Gasteiger partial charge in [-0.05, 0) is 86.8 Å². The minimum atomic E-state index is -0.470. The number of hydrogen-bond donors (Lipinski definition) is 0. The molecule has 0 atom stereocenters. The Morgan fingerprint density at radius 1 is 0.767 bits per heavy atom. The van der Waals surface area contributed by atoms with Crippen molar-refractivity contribution in [1.82, 2.24) is 0 Å². The predicted molar refractivity (Wildman–Crippen MR) is 122 cm³/mol. The van der Waals surface area contributed by atoms with Gasteiger partial charge in [0.05, 0.1) is 5.56 Å². The van der Waals surface area contributed by atoms with Crippen LogP contribution in [0.2, 0.25) is 0 Å². The summed E-state index contributed by atoms with van der Waals surface area (Å²) in [6.45, 7) is 4.48. The molecule has 166 valence electrons. The van der Waals surface area contributed by atoms with Crippen LogP contribution in [0.3, 0.4) is 0 Å². The van der Waals surface area contributed by atoms with E-state index in [1.54, 1.807) is 12.1 Å². The summed E-state index contributed by atoms with van der Waals surface area (Å²) in [5.74, 6) is 7.34. The molecule has 0 amide bonds. The van der Waals surface area contributed by atoms with E-state index in [-0.39, 0.29) is 5.56 Å². The van der Waals surface area contributed by atoms with E-state index in [4.69, 9.17) is 0 Å². The van der Waals surface area contributed by atoms with Crippen LogP contribution in [-0.4, -0.2) is 0 Å². The topological polar surface area (TPSA) is 0 Å². The average Bonchev–Trinajstić information content (AvgIpc) is 2.76. The Labute approximate surface area is 183 Å². The minimum absolute atomic E-state index is 0.0245. The van der Waals surface area contributed by atoms with E-state index in [0.717, 1.165) is 43.1 Å². The Bertz CT molecular complexity index is 687. The monoisotopic (exact) mass is 414 g/mol. The van der Waals surface area contributed by atoms with Gasteiger partial charge in [-0.2, -0.15) is 0 Å². The molecule has 0 spiro atoms. The van der Waals surface area contributed by atoms with Crippen LogP contribution in [0.25, 0.3) is 0 Å². The van der Waals surface area contributed by atoms with Gasteiger partial charge in [-0.15, -0.1) is 0 Å². The van der Waals surface area contributed by atoms with E-state index in [2.05, 4.69) is 25.7 Å². The standard InChI is InChI=1S/C28H40F2/c1-3-5-7-21-9-11-23(12-10-21)15-18-26-27(29)19-25(20-28(26)30)24-16-13-22(14-17-24)8-6-4-2/h19-24H,3-14,16-17H2,1-2H3/t21-,22-,23-,24-. The van der Waals surface area contributed by atoms with Crippen molar-refractivity contribution in [3.8, 4) is 11.8 Å². The zero-order valence-corrected chi connectivity index (χ0v) is 19.1. The fourth-order valence-corrected chi connectivity index (χ4v) is 5.49. The van der Waals surface area contributed by atoms with E-state index in [9.17, 15) is 8.78 Å². The maximum absolute atomic E-state index is 14.7. The Morgan fingerprint density at radius 2 is 1.27 bits per heavy atom. The molecular formula is C28H40F2. The summed E-state index contributed by atoms with van der Waals surface area (Å²) in [7, 11) is 0. The normalized spacial score (nSPS) is 26.8. The van der Waals surface area contributed by atoms with Crippen molar-refractivity contribution in [2.75, 3.05) is 0 Å². The van der Waals surface area contributed by atoms with E-state index in [1.165, 1.54) is 64.2 Å². The highest BCUT2D eigenvalue weighted by Crippen LogP contribution is 2.38. The van der Waals surface area contributed by atoms with Gasteiger partial charge in [0.1, 0.15) is 11.6 Å². The first kappa shape index (κ1) is 23.3. The van der Waals surface area contributed by atoms with Crippen molar-refractivity contribution in [2.24, 2.45) is 17.8 Å². The van der Waals surface area contributed by atoms with E-state index in [0.29, 0.717) is 11.8 Å². The molecule has 2 aliphatic rings. The molecule has 0 bridgehead atoms. The Balaban J connectivity index is 1.57. The summed E-state index contributed by atoms with van der Waals surface area (Å²) in [4.78, 5) is 0. The van der Waals surface area contributed by atoms with Crippen LogP contribution >= 0.6 is 0 Å². The summed E-state index contributed by atoms with van der Waals surface area (Å²) in [5.41, 5.74) is 0.810. The molecule has 2 heteroatoms. The van der Waals surface area contributed by atoms with Crippen molar-refractivity contribution >= 4 is 0 Å². The first-order valence-corrected chi connectivity index (χ1v) is 12.6. The van der Waals surface area contributed by atoms with Crippen LogP contribution in [0.4, 0.5) is 8.78 Å². The maximum Gasteiger partial charge on any atom is 0.142 e. The van der Waals surface area contributed by atoms with Crippen molar-refractivity contribution < 1.29 is 8.78 Å². The quantitative estimate of drug-likeness (QED) is 0.391. The molecule has 0 saturated heterocycles. The molecule has 1 aromatic carbocycles. The lowest BCUT2D eigenvalue weighted by atomic mass is 9.77. The molecule has 2 fully saturated rings. The van der Waals surface area contributed by atoms with Crippen LogP contribution in [0.5, 0.6) is 0 Å². The molecule has 0 aromatic heterocycles. The molecular weight excluding hydrogens is 374 g/mol. The van der Waals surface area contributed by atoms with Crippen LogP contribution < -0.4 is 0 Å².